The zero-order valence-electron chi connectivity index (χ0n) is 20.2. The first-order chi connectivity index (χ1) is 14.4. The molecule has 0 atom stereocenters. The van der Waals surface area contributed by atoms with E-state index in [0.717, 1.165) is 19.0 Å². The molecule has 29 heavy (non-hydrogen) atoms. The van der Waals surface area contributed by atoms with Crippen LogP contribution in [0.15, 0.2) is 0 Å². The van der Waals surface area contributed by atoms with Gasteiger partial charge in [0, 0.05) is 13.2 Å². The Kier molecular flexibility index (Phi) is 28.6. The van der Waals surface area contributed by atoms with Crippen LogP contribution in [0.2, 0.25) is 0 Å². The van der Waals surface area contributed by atoms with E-state index in [0.29, 0.717) is 0 Å². The Balaban J connectivity index is 2.97. The average Bonchev–Trinajstić information content (AvgIpc) is 2.74. The molecule has 0 bridgehead atoms. The first kappa shape index (κ1) is 29.3. The van der Waals surface area contributed by atoms with E-state index >= 15 is 0 Å². The second kappa shape index (κ2) is 28.3. The third-order valence-electron chi connectivity index (χ3n) is 6.09. The van der Waals surface area contributed by atoms with E-state index < -0.39 is 0 Å². The molecular weight excluding hydrogens is 372 g/mol. The van der Waals surface area contributed by atoms with Crippen molar-refractivity contribution in [2.75, 3.05) is 19.0 Å². The molecule has 1 nitrogen and oxygen atoms in total. The number of hydrogen-bond acceptors (Lipinski definition) is 2. The maximum atomic E-state index is 5.81. The van der Waals surface area contributed by atoms with Gasteiger partial charge in [-0.2, -0.15) is 12.6 Å². The van der Waals surface area contributed by atoms with E-state index in [1.54, 1.807) is 0 Å². The molecule has 0 saturated carbocycles. The predicted molar refractivity (Wildman–Crippen MR) is 137 cm³/mol. The molecule has 0 amide bonds. The van der Waals surface area contributed by atoms with E-state index in [4.69, 9.17) is 4.74 Å². The summed E-state index contributed by atoms with van der Waals surface area (Å²) in [5, 5.41) is 0. The minimum absolute atomic E-state index is 0.991. The van der Waals surface area contributed by atoms with Gasteiger partial charge in [-0.05, 0) is 25.0 Å². The van der Waals surface area contributed by atoms with Gasteiger partial charge in [-0.15, -0.1) is 0 Å². The number of rotatable bonds is 26. The van der Waals surface area contributed by atoms with Gasteiger partial charge in [-0.1, -0.05) is 135 Å². The highest BCUT2D eigenvalue weighted by atomic mass is 32.1. The van der Waals surface area contributed by atoms with Crippen LogP contribution in [-0.2, 0) is 4.74 Å². The summed E-state index contributed by atoms with van der Waals surface area (Å²) >= 11 is 4.27. The SMILES string of the molecule is CCCCCCCCCCCCOCCCCCCCCCCCCCCCS. The molecule has 0 unspecified atom stereocenters. The second-order valence-electron chi connectivity index (χ2n) is 9.11. The summed E-state index contributed by atoms with van der Waals surface area (Å²) in [5.74, 6) is 1.06. The lowest BCUT2D eigenvalue weighted by atomic mass is 10.0. The Morgan fingerprint density at radius 3 is 0.966 bits per heavy atom. The number of hydrogen-bond donors (Lipinski definition) is 1. The van der Waals surface area contributed by atoms with Crippen LogP contribution in [-0.4, -0.2) is 19.0 Å². The van der Waals surface area contributed by atoms with Crippen LogP contribution in [0.25, 0.3) is 0 Å². The molecule has 2 heteroatoms. The normalized spacial score (nSPS) is 11.4. The van der Waals surface area contributed by atoms with Crippen molar-refractivity contribution in [1.29, 1.82) is 0 Å². The quantitative estimate of drug-likeness (QED) is 0.106. The summed E-state index contributed by atoms with van der Waals surface area (Å²) in [5.41, 5.74) is 0. The first-order valence-electron chi connectivity index (χ1n) is 13.6. The van der Waals surface area contributed by atoms with Gasteiger partial charge >= 0.3 is 0 Å². The Morgan fingerprint density at radius 2 is 0.655 bits per heavy atom. The molecule has 0 aliphatic carbocycles. The maximum Gasteiger partial charge on any atom is 0.0466 e. The Bertz CT molecular complexity index is 243. The van der Waals surface area contributed by atoms with Crippen LogP contribution in [0, 0.1) is 0 Å². The van der Waals surface area contributed by atoms with Gasteiger partial charge in [0.05, 0.1) is 0 Å². The van der Waals surface area contributed by atoms with E-state index in [1.165, 1.54) is 148 Å². The van der Waals surface area contributed by atoms with Crippen molar-refractivity contribution >= 4 is 12.6 Å². The lowest BCUT2D eigenvalue weighted by Crippen LogP contribution is -1.97. The van der Waals surface area contributed by atoms with Gasteiger partial charge in [0.2, 0.25) is 0 Å². The predicted octanol–water partition coefficient (Wildman–Crippen LogP) is 9.92. The molecule has 0 aromatic carbocycles. The first-order valence-corrected chi connectivity index (χ1v) is 14.2. The molecular formula is C27H56OS. The van der Waals surface area contributed by atoms with Gasteiger partial charge in [0.25, 0.3) is 0 Å². The monoisotopic (exact) mass is 428 g/mol. The minimum Gasteiger partial charge on any atom is -0.381 e. The van der Waals surface area contributed by atoms with Crippen molar-refractivity contribution in [3.8, 4) is 0 Å². The standard InChI is InChI=1S/C27H56OS/c1-2-3-4-5-6-7-13-16-19-22-25-28-26-23-20-17-14-11-9-8-10-12-15-18-21-24-27-29/h29H,2-27H2,1H3. The van der Waals surface area contributed by atoms with Crippen molar-refractivity contribution in [3.63, 3.8) is 0 Å². The molecule has 0 aliphatic heterocycles. The van der Waals surface area contributed by atoms with E-state index in [9.17, 15) is 0 Å². The highest BCUT2D eigenvalue weighted by Crippen LogP contribution is 2.13. The molecule has 0 aromatic heterocycles. The van der Waals surface area contributed by atoms with Crippen molar-refractivity contribution < 1.29 is 4.74 Å². The molecule has 0 fully saturated rings. The summed E-state index contributed by atoms with van der Waals surface area (Å²) in [7, 11) is 0. The average molecular weight is 429 g/mol. The van der Waals surface area contributed by atoms with Crippen molar-refractivity contribution in [2.24, 2.45) is 0 Å². The lowest BCUT2D eigenvalue weighted by molar-refractivity contribution is 0.125. The van der Waals surface area contributed by atoms with Crippen molar-refractivity contribution in [1.82, 2.24) is 0 Å². The zero-order chi connectivity index (χ0) is 21.1. The van der Waals surface area contributed by atoms with E-state index in [-0.39, 0.29) is 0 Å². The van der Waals surface area contributed by atoms with Gasteiger partial charge in [-0.25, -0.2) is 0 Å². The fourth-order valence-corrected chi connectivity index (χ4v) is 4.28. The van der Waals surface area contributed by atoms with Crippen LogP contribution in [0.3, 0.4) is 0 Å². The fraction of sp³-hybridized carbons (Fsp3) is 1.00. The van der Waals surface area contributed by atoms with E-state index in [2.05, 4.69) is 19.6 Å². The van der Waals surface area contributed by atoms with Crippen LogP contribution in [0.4, 0.5) is 0 Å². The third kappa shape index (κ3) is 28.3. The fourth-order valence-electron chi connectivity index (χ4n) is 4.05. The molecule has 0 saturated heterocycles. The van der Waals surface area contributed by atoms with Gasteiger partial charge < -0.3 is 4.74 Å². The molecule has 0 rings (SSSR count). The van der Waals surface area contributed by atoms with E-state index in [1.807, 2.05) is 0 Å². The minimum atomic E-state index is 0.991. The number of unbranched alkanes of at least 4 members (excludes halogenated alkanes) is 21. The molecule has 0 heterocycles. The molecule has 176 valence electrons. The topological polar surface area (TPSA) is 9.23 Å². The molecule has 0 aliphatic rings. The summed E-state index contributed by atoms with van der Waals surface area (Å²) in [6, 6.07) is 0. The molecule has 0 N–H and O–H groups in total. The highest BCUT2D eigenvalue weighted by molar-refractivity contribution is 7.80. The van der Waals surface area contributed by atoms with Gasteiger partial charge in [-0.3, -0.25) is 0 Å². The molecule has 0 spiro atoms. The van der Waals surface area contributed by atoms with Gasteiger partial charge in [0.15, 0.2) is 0 Å². The largest absolute Gasteiger partial charge is 0.381 e. The van der Waals surface area contributed by atoms with Crippen molar-refractivity contribution in [2.45, 2.75) is 155 Å². The Hall–Kier alpha value is 0.310. The summed E-state index contributed by atoms with van der Waals surface area (Å²) in [6.45, 7) is 4.27. The summed E-state index contributed by atoms with van der Waals surface area (Å²) in [6.07, 6.45) is 32.3. The maximum absolute atomic E-state index is 5.81. The van der Waals surface area contributed by atoms with Crippen LogP contribution in [0.5, 0.6) is 0 Å². The Labute approximate surface area is 190 Å². The Morgan fingerprint density at radius 1 is 0.379 bits per heavy atom. The van der Waals surface area contributed by atoms with Crippen LogP contribution >= 0.6 is 12.6 Å². The molecule has 0 aromatic rings. The second-order valence-corrected chi connectivity index (χ2v) is 9.56. The third-order valence-corrected chi connectivity index (χ3v) is 6.41. The summed E-state index contributed by atoms with van der Waals surface area (Å²) < 4.78 is 5.81. The van der Waals surface area contributed by atoms with Crippen molar-refractivity contribution in [3.05, 3.63) is 0 Å². The highest BCUT2D eigenvalue weighted by Gasteiger charge is 1.96. The number of thiol groups is 1. The molecule has 0 radical (unpaired) electrons. The number of ether oxygens (including phenoxy) is 1. The zero-order valence-corrected chi connectivity index (χ0v) is 21.1. The van der Waals surface area contributed by atoms with Gasteiger partial charge in [0.1, 0.15) is 0 Å². The lowest BCUT2D eigenvalue weighted by Gasteiger charge is -2.05. The summed E-state index contributed by atoms with van der Waals surface area (Å²) in [4.78, 5) is 0. The van der Waals surface area contributed by atoms with Crippen LogP contribution < -0.4 is 0 Å². The smallest absolute Gasteiger partial charge is 0.0466 e. The van der Waals surface area contributed by atoms with Crippen LogP contribution in [0.1, 0.15) is 155 Å².